The highest BCUT2D eigenvalue weighted by Gasteiger charge is 2.30. The van der Waals surface area contributed by atoms with E-state index in [1.54, 1.807) is 0 Å². The molecule has 1 aromatic rings. The number of aliphatic hydroxyl groups is 1. The monoisotopic (exact) mass is 383 g/mol. The lowest BCUT2D eigenvalue weighted by molar-refractivity contribution is -0.917. The molecule has 0 aliphatic heterocycles. The molecule has 0 spiro atoms. The van der Waals surface area contributed by atoms with Gasteiger partial charge < -0.3 is 22.0 Å². The van der Waals surface area contributed by atoms with E-state index < -0.39 is 0 Å². The maximum Gasteiger partial charge on any atom is 0.130 e. The fourth-order valence-corrected chi connectivity index (χ4v) is 3.52. The molecule has 0 bridgehead atoms. The molecule has 0 aliphatic rings. The number of hydrogen-bond donors (Lipinski definition) is 1. The smallest absolute Gasteiger partial charge is 0.130 e. The second kappa shape index (κ2) is 14.5. The Morgan fingerprint density at radius 3 is 1.77 bits per heavy atom. The van der Waals surface area contributed by atoms with Gasteiger partial charge in [-0.05, 0) is 25.3 Å². The first-order valence-corrected chi connectivity index (χ1v) is 10.5. The van der Waals surface area contributed by atoms with Crippen molar-refractivity contribution in [3.63, 3.8) is 0 Å². The Kier molecular flexibility index (Phi) is 14.2. The highest BCUT2D eigenvalue weighted by Crippen LogP contribution is 2.24. The summed E-state index contributed by atoms with van der Waals surface area (Å²) in [6.45, 7) is 5.59. The Labute approximate surface area is 169 Å². The van der Waals surface area contributed by atoms with E-state index in [9.17, 15) is 5.11 Å². The molecule has 0 aliphatic carbocycles. The maximum atomic E-state index is 10.7. The SMILES string of the molecule is CCCCCCCCCCCC[N+](C)(C)C(C)C(O)c1ccccc1.[Cl-]. The molecular formula is C23H42ClNO. The number of hydrogen-bond acceptors (Lipinski definition) is 1. The van der Waals surface area contributed by atoms with Gasteiger partial charge in [0.1, 0.15) is 12.1 Å². The number of rotatable bonds is 14. The second-order valence-corrected chi connectivity index (χ2v) is 8.28. The zero-order chi connectivity index (χ0) is 18.5. The van der Waals surface area contributed by atoms with Crippen molar-refractivity contribution in [1.29, 1.82) is 0 Å². The van der Waals surface area contributed by atoms with Crippen LogP contribution < -0.4 is 12.4 Å². The van der Waals surface area contributed by atoms with E-state index in [1.165, 1.54) is 64.2 Å². The van der Waals surface area contributed by atoms with Crippen molar-refractivity contribution in [2.45, 2.75) is 90.2 Å². The van der Waals surface area contributed by atoms with E-state index in [1.807, 2.05) is 30.3 Å². The summed E-state index contributed by atoms with van der Waals surface area (Å²) >= 11 is 0. The van der Waals surface area contributed by atoms with E-state index in [-0.39, 0.29) is 24.6 Å². The van der Waals surface area contributed by atoms with Crippen molar-refractivity contribution in [3.05, 3.63) is 35.9 Å². The Morgan fingerprint density at radius 1 is 0.808 bits per heavy atom. The van der Waals surface area contributed by atoms with Gasteiger partial charge in [0, 0.05) is 0 Å². The van der Waals surface area contributed by atoms with Gasteiger partial charge in [-0.25, -0.2) is 0 Å². The van der Waals surface area contributed by atoms with Crippen molar-refractivity contribution in [1.82, 2.24) is 0 Å². The third kappa shape index (κ3) is 9.94. The molecule has 2 atom stereocenters. The van der Waals surface area contributed by atoms with Gasteiger partial charge in [0.15, 0.2) is 0 Å². The molecule has 1 aromatic carbocycles. The van der Waals surface area contributed by atoms with E-state index in [4.69, 9.17) is 0 Å². The van der Waals surface area contributed by atoms with E-state index in [0.717, 1.165) is 16.6 Å². The number of quaternary nitrogens is 1. The first-order valence-electron chi connectivity index (χ1n) is 10.5. The van der Waals surface area contributed by atoms with Gasteiger partial charge in [-0.2, -0.15) is 0 Å². The number of aliphatic hydroxyl groups excluding tert-OH is 1. The van der Waals surface area contributed by atoms with Gasteiger partial charge in [0.25, 0.3) is 0 Å². The number of nitrogens with zero attached hydrogens (tertiary/aromatic N) is 1. The van der Waals surface area contributed by atoms with Crippen LogP contribution in [-0.4, -0.2) is 36.3 Å². The highest BCUT2D eigenvalue weighted by molar-refractivity contribution is 5.18. The van der Waals surface area contributed by atoms with Crippen molar-refractivity contribution in [2.24, 2.45) is 0 Å². The molecular weight excluding hydrogens is 342 g/mol. The van der Waals surface area contributed by atoms with Crippen LogP contribution in [0.25, 0.3) is 0 Å². The van der Waals surface area contributed by atoms with Crippen molar-refractivity contribution in [2.75, 3.05) is 20.6 Å². The molecule has 0 heterocycles. The third-order valence-corrected chi connectivity index (χ3v) is 5.79. The average Bonchev–Trinajstić information content (AvgIpc) is 2.62. The van der Waals surface area contributed by atoms with E-state index >= 15 is 0 Å². The summed E-state index contributed by atoms with van der Waals surface area (Å²) in [5.41, 5.74) is 1.03. The molecule has 2 nitrogen and oxygen atoms in total. The Hall–Kier alpha value is -0.570. The van der Waals surface area contributed by atoms with Crippen LogP contribution in [0.4, 0.5) is 0 Å². The largest absolute Gasteiger partial charge is 1.00 e. The quantitative estimate of drug-likeness (QED) is 0.386. The Morgan fingerprint density at radius 2 is 1.27 bits per heavy atom. The summed E-state index contributed by atoms with van der Waals surface area (Å²) in [5, 5.41) is 10.7. The van der Waals surface area contributed by atoms with Crippen molar-refractivity contribution in [3.8, 4) is 0 Å². The topological polar surface area (TPSA) is 20.2 Å². The minimum absolute atomic E-state index is 0. The van der Waals surface area contributed by atoms with Gasteiger partial charge in [-0.15, -0.1) is 0 Å². The first kappa shape index (κ1) is 25.4. The summed E-state index contributed by atoms with van der Waals surface area (Å²) in [4.78, 5) is 0. The lowest BCUT2D eigenvalue weighted by Gasteiger charge is -2.38. The lowest BCUT2D eigenvalue weighted by atomic mass is 10.0. The molecule has 1 rings (SSSR count). The first-order chi connectivity index (χ1) is 12.0. The lowest BCUT2D eigenvalue weighted by Crippen LogP contribution is -3.00. The molecule has 152 valence electrons. The fourth-order valence-electron chi connectivity index (χ4n) is 3.52. The number of halogens is 1. The highest BCUT2D eigenvalue weighted by atomic mass is 35.5. The average molecular weight is 384 g/mol. The summed E-state index contributed by atoms with van der Waals surface area (Å²) in [6, 6.07) is 10.3. The van der Waals surface area contributed by atoms with Crippen molar-refractivity contribution < 1.29 is 22.0 Å². The van der Waals surface area contributed by atoms with Crippen LogP contribution in [0.1, 0.15) is 89.7 Å². The molecule has 26 heavy (non-hydrogen) atoms. The van der Waals surface area contributed by atoms with Crippen LogP contribution in [-0.2, 0) is 0 Å². The van der Waals surface area contributed by atoms with Crippen LogP contribution >= 0.6 is 0 Å². The number of unbranched alkanes of at least 4 members (excludes halogenated alkanes) is 9. The maximum absolute atomic E-state index is 10.7. The summed E-state index contributed by atoms with van der Waals surface area (Å²) in [5.74, 6) is 0. The molecule has 0 amide bonds. The molecule has 0 saturated heterocycles. The van der Waals surface area contributed by atoms with Gasteiger partial charge >= 0.3 is 0 Å². The minimum atomic E-state index is -0.390. The van der Waals surface area contributed by atoms with Gasteiger partial charge in [-0.1, -0.05) is 88.6 Å². The number of benzene rings is 1. The molecule has 2 unspecified atom stereocenters. The zero-order valence-electron chi connectivity index (χ0n) is 17.6. The standard InChI is InChI=1S/C23H42NO.ClH/c1-5-6-7-8-9-10-11-12-13-17-20-24(3,4)21(2)23(25)22-18-15-14-16-19-22;/h14-16,18-19,21,23,25H,5-13,17,20H2,1-4H3;1H/q+1;/p-1. The Balaban J connectivity index is 0.00000625. The summed E-state index contributed by atoms with van der Waals surface area (Å²) in [6.07, 6.45) is 13.4. The number of likely N-dealkylation sites (N-methyl/N-ethyl adjacent to an activating group) is 1. The third-order valence-electron chi connectivity index (χ3n) is 5.79. The van der Waals surface area contributed by atoms with Crippen LogP contribution in [0, 0.1) is 0 Å². The molecule has 3 heteroatoms. The fraction of sp³-hybridized carbons (Fsp3) is 0.739. The van der Waals surface area contributed by atoms with Gasteiger partial charge in [-0.3, -0.25) is 0 Å². The van der Waals surface area contributed by atoms with Gasteiger partial charge in [0.2, 0.25) is 0 Å². The van der Waals surface area contributed by atoms with E-state index in [2.05, 4.69) is 27.9 Å². The van der Waals surface area contributed by atoms with Crippen LogP contribution in [0.15, 0.2) is 30.3 Å². The zero-order valence-corrected chi connectivity index (χ0v) is 18.3. The predicted molar refractivity (Wildman–Crippen MR) is 110 cm³/mol. The van der Waals surface area contributed by atoms with Crippen LogP contribution in [0.3, 0.4) is 0 Å². The summed E-state index contributed by atoms with van der Waals surface area (Å²) < 4.78 is 0.882. The van der Waals surface area contributed by atoms with Crippen LogP contribution in [0.5, 0.6) is 0 Å². The molecule has 0 aromatic heterocycles. The second-order valence-electron chi connectivity index (χ2n) is 8.28. The van der Waals surface area contributed by atoms with E-state index in [0.29, 0.717) is 0 Å². The molecule has 0 saturated carbocycles. The Bertz CT molecular complexity index is 435. The summed E-state index contributed by atoms with van der Waals surface area (Å²) in [7, 11) is 4.51. The normalized spacial score (nSPS) is 13.9. The minimum Gasteiger partial charge on any atom is -1.00 e. The molecule has 1 N–H and O–H groups in total. The van der Waals surface area contributed by atoms with Gasteiger partial charge in [0.05, 0.1) is 20.6 Å². The predicted octanol–water partition coefficient (Wildman–Crippen LogP) is 3.11. The molecule has 0 fully saturated rings. The molecule has 0 radical (unpaired) electrons. The van der Waals surface area contributed by atoms with Crippen LogP contribution in [0.2, 0.25) is 0 Å². The van der Waals surface area contributed by atoms with Crippen molar-refractivity contribution >= 4 is 0 Å².